The van der Waals surface area contributed by atoms with Crippen LogP contribution in [0, 0.1) is 5.92 Å². The number of fused-ring (bicyclic) bond motifs is 1. The van der Waals surface area contributed by atoms with E-state index in [1.54, 1.807) is 36.9 Å². The predicted octanol–water partition coefficient (Wildman–Crippen LogP) is 1.74. The van der Waals surface area contributed by atoms with Crippen LogP contribution >= 0.6 is 0 Å². The lowest BCUT2D eigenvalue weighted by Crippen LogP contribution is -2.29. The number of carbonyl (C=O) groups is 1. The quantitative estimate of drug-likeness (QED) is 0.516. The van der Waals surface area contributed by atoms with Gasteiger partial charge in [-0.05, 0) is 25.0 Å². The Labute approximate surface area is 191 Å². The molecule has 0 bridgehead atoms. The molecular formula is C21H25N5O6S. The number of benzene rings is 1. The van der Waals surface area contributed by atoms with Crippen molar-refractivity contribution in [2.75, 3.05) is 26.8 Å². The lowest BCUT2D eigenvalue weighted by molar-refractivity contribution is -0.136. The molecule has 0 radical (unpaired) electrons. The minimum atomic E-state index is -3.83. The second-order valence-corrected chi connectivity index (χ2v) is 9.78. The van der Waals surface area contributed by atoms with Gasteiger partial charge < -0.3 is 14.6 Å². The van der Waals surface area contributed by atoms with E-state index < -0.39 is 16.0 Å². The van der Waals surface area contributed by atoms with Gasteiger partial charge in [0.25, 0.3) is 0 Å². The molecule has 1 aliphatic rings. The van der Waals surface area contributed by atoms with E-state index in [1.807, 2.05) is 6.92 Å². The van der Waals surface area contributed by atoms with Crippen LogP contribution in [0.1, 0.15) is 25.6 Å². The number of hydrogen-bond acceptors (Lipinski definition) is 8. The summed E-state index contributed by atoms with van der Waals surface area (Å²) in [5.74, 6) is -0.459. The minimum Gasteiger partial charge on any atom is -0.497 e. The molecule has 3 heterocycles. The first-order valence-corrected chi connectivity index (χ1v) is 11.9. The van der Waals surface area contributed by atoms with Gasteiger partial charge in [0, 0.05) is 24.5 Å². The van der Waals surface area contributed by atoms with Gasteiger partial charge in [-0.2, -0.15) is 9.40 Å². The summed E-state index contributed by atoms with van der Waals surface area (Å²) in [6.07, 6.45) is 2.25. The number of ether oxygens (including phenoxy) is 2. The molecule has 12 heteroatoms. The van der Waals surface area contributed by atoms with Gasteiger partial charge in [0.2, 0.25) is 10.0 Å². The summed E-state index contributed by atoms with van der Waals surface area (Å²) in [6.45, 7) is 4.57. The first-order chi connectivity index (χ1) is 15.7. The van der Waals surface area contributed by atoms with Crippen LogP contribution in [-0.4, -0.2) is 70.4 Å². The lowest BCUT2D eigenvalue weighted by atomic mass is 10.1. The number of methoxy groups -OCH3 is 1. The molecule has 3 aromatic rings. The Hall–Kier alpha value is -3.25. The number of carboxylic acids is 1. The number of hydrogen-bond donors (Lipinski definition) is 1. The maximum atomic E-state index is 13.2. The Kier molecular flexibility index (Phi) is 6.21. The Morgan fingerprint density at radius 3 is 2.61 bits per heavy atom. The summed E-state index contributed by atoms with van der Waals surface area (Å²) in [6, 6.07) is 5.15. The third-order valence-electron chi connectivity index (χ3n) is 5.68. The van der Waals surface area contributed by atoms with E-state index in [0.717, 1.165) is 0 Å². The highest BCUT2D eigenvalue weighted by Crippen LogP contribution is 2.35. The van der Waals surface area contributed by atoms with Crippen LogP contribution < -0.4 is 9.47 Å². The van der Waals surface area contributed by atoms with Gasteiger partial charge in [0.05, 0.1) is 49.8 Å². The van der Waals surface area contributed by atoms with Crippen molar-refractivity contribution in [3.05, 3.63) is 36.3 Å². The van der Waals surface area contributed by atoms with Crippen LogP contribution in [0.2, 0.25) is 0 Å². The molecule has 4 rings (SSSR count). The van der Waals surface area contributed by atoms with Gasteiger partial charge >= 0.3 is 12.0 Å². The molecule has 0 saturated carbocycles. The summed E-state index contributed by atoms with van der Waals surface area (Å²) < 4.78 is 40.1. The lowest BCUT2D eigenvalue weighted by Gasteiger charge is -2.17. The molecule has 0 amide bonds. The first-order valence-electron chi connectivity index (χ1n) is 10.5. The van der Waals surface area contributed by atoms with Crippen molar-refractivity contribution in [3.63, 3.8) is 0 Å². The fourth-order valence-corrected chi connectivity index (χ4v) is 5.50. The topological polar surface area (TPSA) is 137 Å². The minimum absolute atomic E-state index is 0.0163. The Morgan fingerprint density at radius 2 is 1.97 bits per heavy atom. The maximum absolute atomic E-state index is 13.2. The molecule has 2 aromatic heterocycles. The van der Waals surface area contributed by atoms with Gasteiger partial charge in [0.1, 0.15) is 10.6 Å². The molecular weight excluding hydrogens is 450 g/mol. The van der Waals surface area contributed by atoms with Crippen molar-refractivity contribution in [1.29, 1.82) is 0 Å². The average molecular weight is 476 g/mol. The summed E-state index contributed by atoms with van der Waals surface area (Å²) in [5, 5.41) is 14.6. The molecule has 0 aliphatic carbocycles. The fourth-order valence-electron chi connectivity index (χ4n) is 4.05. The Bertz CT molecular complexity index is 1270. The zero-order valence-corrected chi connectivity index (χ0v) is 19.3. The molecule has 1 saturated heterocycles. The van der Waals surface area contributed by atoms with E-state index in [2.05, 4.69) is 15.1 Å². The maximum Gasteiger partial charge on any atom is 0.316 e. The van der Waals surface area contributed by atoms with E-state index in [0.29, 0.717) is 29.0 Å². The predicted molar refractivity (Wildman–Crippen MR) is 118 cm³/mol. The highest BCUT2D eigenvalue weighted by Gasteiger charge is 2.39. The van der Waals surface area contributed by atoms with Crippen LogP contribution in [0.4, 0.5) is 0 Å². The van der Waals surface area contributed by atoms with Crippen LogP contribution in [0.3, 0.4) is 0 Å². The molecule has 2 atom stereocenters. The van der Waals surface area contributed by atoms with Crippen LogP contribution in [0.25, 0.3) is 10.9 Å². The van der Waals surface area contributed by atoms with Crippen molar-refractivity contribution < 1.29 is 27.8 Å². The molecule has 1 fully saturated rings. The van der Waals surface area contributed by atoms with Gasteiger partial charge in [-0.1, -0.05) is 6.92 Å². The second kappa shape index (κ2) is 8.94. The van der Waals surface area contributed by atoms with Crippen LogP contribution in [-0.2, 0) is 21.2 Å². The molecule has 11 nitrogen and oxygen atoms in total. The number of aromatic nitrogens is 4. The van der Waals surface area contributed by atoms with Crippen molar-refractivity contribution in [2.45, 2.75) is 31.2 Å². The zero-order chi connectivity index (χ0) is 23.8. The summed E-state index contributed by atoms with van der Waals surface area (Å²) in [5.41, 5.74) is 1.12. The van der Waals surface area contributed by atoms with Crippen LogP contribution in [0.15, 0.2) is 35.5 Å². The molecule has 0 unspecified atom stereocenters. The number of aliphatic carboxylic acids is 1. The second-order valence-electron chi connectivity index (χ2n) is 7.85. The number of rotatable bonds is 8. The smallest absolute Gasteiger partial charge is 0.316 e. The van der Waals surface area contributed by atoms with Crippen molar-refractivity contribution in [3.8, 4) is 11.8 Å². The molecule has 1 aliphatic heterocycles. The zero-order valence-electron chi connectivity index (χ0n) is 18.5. The standard InChI is InChI=1S/C21H25N5O6S/c1-4-32-21-22-9-15(10-23-21)33(29,30)25-11-13(2)19(12-25)26-18-7-14(31-3)5-6-16(18)17(24-26)8-20(27)28/h5-7,9-10,13,19H,4,8,11-12H2,1-3H3,(H,27,28)/t13-,19+/m1/s1. The van der Waals surface area contributed by atoms with Gasteiger partial charge in [-0.3, -0.25) is 9.48 Å². The van der Waals surface area contributed by atoms with Crippen molar-refractivity contribution >= 4 is 26.9 Å². The Balaban J connectivity index is 1.67. The van der Waals surface area contributed by atoms with Crippen LogP contribution in [0.5, 0.6) is 11.8 Å². The molecule has 1 N–H and O–H groups in total. The fraction of sp³-hybridized carbons (Fsp3) is 0.429. The van der Waals surface area contributed by atoms with Crippen molar-refractivity contribution in [1.82, 2.24) is 24.1 Å². The highest BCUT2D eigenvalue weighted by atomic mass is 32.2. The van der Waals surface area contributed by atoms with E-state index >= 15 is 0 Å². The van der Waals surface area contributed by atoms with E-state index in [4.69, 9.17) is 9.47 Å². The summed E-state index contributed by atoms with van der Waals surface area (Å²) in [7, 11) is -2.28. The number of nitrogens with zero attached hydrogens (tertiary/aromatic N) is 5. The first kappa shape index (κ1) is 22.9. The van der Waals surface area contributed by atoms with E-state index in [-0.39, 0.29) is 42.4 Å². The summed E-state index contributed by atoms with van der Waals surface area (Å²) >= 11 is 0. The molecule has 1 aromatic carbocycles. The van der Waals surface area contributed by atoms with Crippen molar-refractivity contribution in [2.24, 2.45) is 5.92 Å². The number of sulfonamides is 1. The third-order valence-corrected chi connectivity index (χ3v) is 7.46. The van der Waals surface area contributed by atoms with Gasteiger partial charge in [0.15, 0.2) is 0 Å². The van der Waals surface area contributed by atoms with E-state index in [9.17, 15) is 18.3 Å². The van der Waals surface area contributed by atoms with E-state index in [1.165, 1.54) is 16.7 Å². The normalized spacial score (nSPS) is 19.1. The van der Waals surface area contributed by atoms with Gasteiger partial charge in [-0.25, -0.2) is 18.4 Å². The number of carboxylic acid groups (broad SMARTS) is 1. The molecule has 33 heavy (non-hydrogen) atoms. The Morgan fingerprint density at radius 1 is 1.24 bits per heavy atom. The average Bonchev–Trinajstić information content (AvgIpc) is 3.34. The highest BCUT2D eigenvalue weighted by molar-refractivity contribution is 7.89. The largest absolute Gasteiger partial charge is 0.497 e. The van der Waals surface area contributed by atoms with Gasteiger partial charge in [-0.15, -0.1) is 0 Å². The monoisotopic (exact) mass is 475 g/mol. The third kappa shape index (κ3) is 4.35. The molecule has 176 valence electrons. The summed E-state index contributed by atoms with van der Waals surface area (Å²) in [4.78, 5) is 19.3. The molecule has 0 spiro atoms. The SMILES string of the molecule is CCOc1ncc(S(=O)(=O)N2C[C@@H](C)[C@@H](n3nc(CC(=O)O)c4ccc(OC)cc43)C2)cn1.